The monoisotopic (exact) mass is 464 g/mol. The Morgan fingerprint density at radius 2 is 1.69 bits per heavy atom. The first kappa shape index (κ1) is 23.4. The highest BCUT2D eigenvalue weighted by atomic mass is 16.5. The molecule has 0 saturated carbocycles. The van der Waals surface area contributed by atoms with Crippen molar-refractivity contribution in [2.75, 3.05) is 19.5 Å². The van der Waals surface area contributed by atoms with Crippen LogP contribution in [0, 0.1) is 11.3 Å². The number of carbonyl (C=O) groups is 1. The van der Waals surface area contributed by atoms with Gasteiger partial charge in [-0.05, 0) is 64.4 Å². The van der Waals surface area contributed by atoms with Gasteiger partial charge in [0, 0.05) is 5.69 Å². The van der Waals surface area contributed by atoms with Crippen molar-refractivity contribution in [1.29, 1.82) is 5.26 Å². The van der Waals surface area contributed by atoms with E-state index in [1.165, 1.54) is 6.08 Å². The van der Waals surface area contributed by atoms with Crippen molar-refractivity contribution in [2.24, 2.45) is 0 Å². The molecule has 6 heteroatoms. The maximum absolute atomic E-state index is 12.6. The normalized spacial score (nSPS) is 10.9. The van der Waals surface area contributed by atoms with Crippen LogP contribution in [0.1, 0.15) is 11.1 Å². The zero-order valence-corrected chi connectivity index (χ0v) is 19.4. The molecule has 1 amide bonds. The van der Waals surface area contributed by atoms with Gasteiger partial charge in [-0.15, -0.1) is 0 Å². The Morgan fingerprint density at radius 1 is 0.914 bits per heavy atom. The summed E-state index contributed by atoms with van der Waals surface area (Å²) in [7, 11) is 3.12. The van der Waals surface area contributed by atoms with Crippen LogP contribution in [0.3, 0.4) is 0 Å². The molecule has 0 bridgehead atoms. The fourth-order valence-corrected chi connectivity index (χ4v) is 3.66. The van der Waals surface area contributed by atoms with Crippen LogP contribution >= 0.6 is 0 Å². The third-order valence-electron chi connectivity index (χ3n) is 5.47. The maximum atomic E-state index is 12.6. The van der Waals surface area contributed by atoms with E-state index in [-0.39, 0.29) is 5.57 Å². The quantitative estimate of drug-likeness (QED) is 0.256. The first-order chi connectivity index (χ1) is 17.1. The van der Waals surface area contributed by atoms with Crippen LogP contribution in [-0.4, -0.2) is 20.1 Å². The molecule has 0 aliphatic carbocycles. The summed E-state index contributed by atoms with van der Waals surface area (Å²) in [6.07, 6.45) is 1.51. The third-order valence-corrected chi connectivity index (χ3v) is 5.47. The van der Waals surface area contributed by atoms with Gasteiger partial charge in [-0.25, -0.2) is 0 Å². The van der Waals surface area contributed by atoms with E-state index in [2.05, 4.69) is 23.5 Å². The highest BCUT2D eigenvalue weighted by Crippen LogP contribution is 2.30. The van der Waals surface area contributed by atoms with Crippen LogP contribution < -0.4 is 19.5 Å². The second-order valence-electron chi connectivity index (χ2n) is 7.69. The average Bonchev–Trinajstić information content (AvgIpc) is 2.91. The standard InChI is InChI=1S/C29H24N2O4/c1-33-25-13-11-24(12-14-25)31-29(32)23(18-30)16-20-10-15-27(28(17-20)34-2)35-19-22-8-5-7-21-6-3-4-9-26(21)22/h3-17H,19H2,1-2H3,(H,31,32)/b23-16-. The summed E-state index contributed by atoms with van der Waals surface area (Å²) in [5, 5.41) is 14.5. The molecule has 4 rings (SSSR count). The van der Waals surface area contributed by atoms with Crippen molar-refractivity contribution in [3.63, 3.8) is 0 Å². The van der Waals surface area contributed by atoms with E-state index in [4.69, 9.17) is 14.2 Å². The maximum Gasteiger partial charge on any atom is 0.266 e. The van der Waals surface area contributed by atoms with Gasteiger partial charge >= 0.3 is 0 Å². The summed E-state index contributed by atoms with van der Waals surface area (Å²) in [5.41, 5.74) is 2.23. The van der Waals surface area contributed by atoms with Crippen LogP contribution in [0.4, 0.5) is 5.69 Å². The van der Waals surface area contributed by atoms with Gasteiger partial charge in [-0.2, -0.15) is 5.26 Å². The van der Waals surface area contributed by atoms with Gasteiger partial charge in [0.1, 0.15) is 24.0 Å². The van der Waals surface area contributed by atoms with E-state index >= 15 is 0 Å². The van der Waals surface area contributed by atoms with Crippen molar-refractivity contribution < 1.29 is 19.0 Å². The van der Waals surface area contributed by atoms with Crippen LogP contribution in [0.5, 0.6) is 17.2 Å². The minimum atomic E-state index is -0.507. The molecule has 6 nitrogen and oxygen atoms in total. The van der Waals surface area contributed by atoms with Crippen LogP contribution in [0.2, 0.25) is 0 Å². The average molecular weight is 465 g/mol. The van der Waals surface area contributed by atoms with E-state index < -0.39 is 5.91 Å². The Balaban J connectivity index is 1.50. The van der Waals surface area contributed by atoms with Gasteiger partial charge in [0.25, 0.3) is 5.91 Å². The van der Waals surface area contributed by atoms with Crippen LogP contribution in [0.25, 0.3) is 16.8 Å². The number of carbonyl (C=O) groups excluding carboxylic acids is 1. The molecule has 0 fully saturated rings. The molecule has 4 aromatic carbocycles. The van der Waals surface area contributed by atoms with Crippen molar-refractivity contribution in [3.05, 3.63) is 102 Å². The summed E-state index contributed by atoms with van der Waals surface area (Å²) >= 11 is 0. The van der Waals surface area contributed by atoms with Gasteiger partial charge in [0.05, 0.1) is 14.2 Å². The second kappa shape index (κ2) is 10.9. The molecule has 174 valence electrons. The number of anilines is 1. The number of amides is 1. The molecule has 0 aliphatic heterocycles. The molecule has 0 atom stereocenters. The summed E-state index contributed by atoms with van der Waals surface area (Å²) in [6.45, 7) is 0.376. The van der Waals surface area contributed by atoms with Gasteiger partial charge in [0.15, 0.2) is 11.5 Å². The number of nitriles is 1. The topological polar surface area (TPSA) is 80.6 Å². The summed E-state index contributed by atoms with van der Waals surface area (Å²) in [6, 6.07) is 28.4. The van der Waals surface area contributed by atoms with E-state index in [1.54, 1.807) is 56.7 Å². The Bertz CT molecular complexity index is 1410. The first-order valence-corrected chi connectivity index (χ1v) is 11.0. The minimum absolute atomic E-state index is 0.0349. The zero-order valence-electron chi connectivity index (χ0n) is 19.4. The number of rotatable bonds is 8. The van der Waals surface area contributed by atoms with E-state index in [9.17, 15) is 10.1 Å². The largest absolute Gasteiger partial charge is 0.497 e. The first-order valence-electron chi connectivity index (χ1n) is 11.0. The minimum Gasteiger partial charge on any atom is -0.497 e. The summed E-state index contributed by atoms with van der Waals surface area (Å²) in [5.74, 6) is 1.24. The summed E-state index contributed by atoms with van der Waals surface area (Å²) in [4.78, 5) is 12.6. The van der Waals surface area contributed by atoms with Crippen LogP contribution in [0.15, 0.2) is 90.5 Å². The van der Waals surface area contributed by atoms with Crippen molar-refractivity contribution in [1.82, 2.24) is 0 Å². The number of benzene rings is 4. The Kier molecular flexibility index (Phi) is 7.29. The lowest BCUT2D eigenvalue weighted by Gasteiger charge is -2.13. The Morgan fingerprint density at radius 3 is 2.43 bits per heavy atom. The van der Waals surface area contributed by atoms with E-state index in [0.29, 0.717) is 35.1 Å². The van der Waals surface area contributed by atoms with E-state index in [0.717, 1.165) is 16.3 Å². The molecule has 35 heavy (non-hydrogen) atoms. The molecule has 0 unspecified atom stereocenters. The number of hydrogen-bond acceptors (Lipinski definition) is 5. The highest BCUT2D eigenvalue weighted by molar-refractivity contribution is 6.09. The number of methoxy groups -OCH3 is 2. The number of fused-ring (bicyclic) bond motifs is 1. The molecular weight excluding hydrogens is 440 g/mol. The molecule has 4 aromatic rings. The number of nitrogens with one attached hydrogen (secondary N) is 1. The fourth-order valence-electron chi connectivity index (χ4n) is 3.66. The van der Waals surface area contributed by atoms with Gasteiger partial charge in [-0.3, -0.25) is 4.79 Å². The number of ether oxygens (including phenoxy) is 3. The van der Waals surface area contributed by atoms with Crippen molar-refractivity contribution in [3.8, 4) is 23.3 Å². The predicted molar refractivity (Wildman–Crippen MR) is 136 cm³/mol. The van der Waals surface area contributed by atoms with Crippen molar-refractivity contribution >= 4 is 28.4 Å². The molecule has 0 radical (unpaired) electrons. The highest BCUT2D eigenvalue weighted by Gasteiger charge is 2.12. The molecular formula is C29H24N2O4. The lowest BCUT2D eigenvalue weighted by atomic mass is 10.1. The van der Waals surface area contributed by atoms with Gasteiger partial charge < -0.3 is 19.5 Å². The lowest BCUT2D eigenvalue weighted by molar-refractivity contribution is -0.112. The fraction of sp³-hybridized carbons (Fsp3) is 0.103. The van der Waals surface area contributed by atoms with Crippen LogP contribution in [-0.2, 0) is 11.4 Å². The predicted octanol–water partition coefficient (Wildman–Crippen LogP) is 5.98. The second-order valence-corrected chi connectivity index (χ2v) is 7.69. The zero-order chi connectivity index (χ0) is 24.6. The third kappa shape index (κ3) is 5.60. The SMILES string of the molecule is COc1ccc(NC(=O)/C(C#N)=C\c2ccc(OCc3cccc4ccccc34)c(OC)c2)cc1. The molecule has 0 aliphatic rings. The lowest BCUT2D eigenvalue weighted by Crippen LogP contribution is -2.13. The smallest absolute Gasteiger partial charge is 0.266 e. The van der Waals surface area contributed by atoms with Gasteiger partial charge in [0.2, 0.25) is 0 Å². The Labute approximate surface area is 204 Å². The molecule has 0 spiro atoms. The van der Waals surface area contributed by atoms with Crippen molar-refractivity contribution in [2.45, 2.75) is 6.61 Å². The molecule has 1 N–H and O–H groups in total. The van der Waals surface area contributed by atoms with E-state index in [1.807, 2.05) is 30.3 Å². The Hall–Kier alpha value is -4.76. The van der Waals surface area contributed by atoms with Gasteiger partial charge in [-0.1, -0.05) is 48.5 Å². The molecule has 0 saturated heterocycles. The summed E-state index contributed by atoms with van der Waals surface area (Å²) < 4.78 is 16.7. The molecule has 0 aromatic heterocycles. The molecule has 0 heterocycles. The number of nitrogens with zero attached hydrogens (tertiary/aromatic N) is 1. The number of hydrogen-bond donors (Lipinski definition) is 1.